The van der Waals surface area contributed by atoms with Gasteiger partial charge in [-0.1, -0.05) is 31.7 Å². The van der Waals surface area contributed by atoms with E-state index in [4.69, 9.17) is 0 Å². The van der Waals surface area contributed by atoms with Crippen LogP contribution in [0.2, 0.25) is 0 Å². The summed E-state index contributed by atoms with van der Waals surface area (Å²) in [6.07, 6.45) is 1.40. The van der Waals surface area contributed by atoms with Crippen molar-refractivity contribution in [3.63, 3.8) is 0 Å². The second kappa shape index (κ2) is 6.71. The zero-order valence-corrected chi connectivity index (χ0v) is 17.6. The normalized spacial score (nSPS) is 51.1. The van der Waals surface area contributed by atoms with Crippen molar-refractivity contribution in [3.05, 3.63) is 23.8 Å². The fourth-order valence-corrected chi connectivity index (χ4v) is 8.01. The van der Waals surface area contributed by atoms with Crippen molar-refractivity contribution in [1.29, 1.82) is 0 Å². The van der Waals surface area contributed by atoms with Crippen molar-refractivity contribution in [3.8, 4) is 0 Å². The largest absolute Gasteiger partial charge is 0.390 e. The number of fused-ring (bicyclic) bond motifs is 5. The lowest BCUT2D eigenvalue weighted by Crippen LogP contribution is -2.68. The molecule has 0 aliphatic heterocycles. The van der Waals surface area contributed by atoms with Crippen molar-refractivity contribution in [1.82, 2.24) is 0 Å². The van der Waals surface area contributed by atoms with Gasteiger partial charge < -0.3 is 5.11 Å². The highest BCUT2D eigenvalue weighted by Crippen LogP contribution is 2.70. The predicted octanol–water partition coefficient (Wildman–Crippen LogP) is 4.35. The van der Waals surface area contributed by atoms with Crippen LogP contribution in [0.5, 0.6) is 0 Å². The fraction of sp³-hybridized carbons (Fsp3) is 0.727. The Balaban J connectivity index is 1.80. The van der Waals surface area contributed by atoms with Crippen molar-refractivity contribution >= 4 is 22.7 Å². The topological polar surface area (TPSA) is 54.4 Å². The van der Waals surface area contributed by atoms with Gasteiger partial charge in [0.1, 0.15) is 12.2 Å². The summed E-state index contributed by atoms with van der Waals surface area (Å²) in [5, 5.41) is 10.8. The average Bonchev–Trinajstić information content (AvgIpc) is 2.90. The van der Waals surface area contributed by atoms with Crippen LogP contribution in [0.4, 0.5) is 13.2 Å². The Hall–Kier alpha value is -1.08. The second-order valence-corrected chi connectivity index (χ2v) is 10.6. The molecule has 160 valence electrons. The van der Waals surface area contributed by atoms with E-state index in [0.29, 0.717) is 18.2 Å². The molecule has 0 amide bonds. The minimum absolute atomic E-state index is 0.0554. The van der Waals surface area contributed by atoms with Crippen LogP contribution in [0.3, 0.4) is 0 Å². The monoisotopic (exact) mass is 428 g/mol. The third-order valence-electron chi connectivity index (χ3n) is 8.42. The van der Waals surface area contributed by atoms with Crippen LogP contribution in [0.1, 0.15) is 40.0 Å². The molecule has 0 unspecified atom stereocenters. The van der Waals surface area contributed by atoms with Gasteiger partial charge in [-0.25, -0.2) is 13.2 Å². The smallest absolute Gasteiger partial charge is 0.195 e. The molecule has 4 rings (SSSR count). The highest BCUT2D eigenvalue weighted by atomic mass is 32.2. The molecule has 0 bridgehead atoms. The lowest BCUT2D eigenvalue weighted by atomic mass is 9.45. The molecular weight excluding hydrogens is 401 g/mol. The Morgan fingerprint density at radius 2 is 2.00 bits per heavy atom. The molecule has 3 saturated carbocycles. The van der Waals surface area contributed by atoms with E-state index in [0.717, 1.165) is 0 Å². The first-order chi connectivity index (χ1) is 13.5. The van der Waals surface area contributed by atoms with E-state index in [9.17, 15) is 19.1 Å². The number of carbonyl (C=O) groups is 2. The summed E-state index contributed by atoms with van der Waals surface area (Å²) in [5.74, 6) is -2.07. The van der Waals surface area contributed by atoms with Crippen LogP contribution in [-0.4, -0.2) is 40.0 Å². The quantitative estimate of drug-likeness (QED) is 0.710. The molecule has 4 aliphatic rings. The Kier molecular flexibility index (Phi) is 4.90. The number of rotatable bonds is 2. The first-order valence-corrected chi connectivity index (χ1v) is 11.2. The van der Waals surface area contributed by atoms with E-state index in [1.807, 2.05) is 13.8 Å². The number of thioether (sulfide) groups is 1. The molecule has 7 heteroatoms. The third-order valence-corrected chi connectivity index (χ3v) is 9.07. The van der Waals surface area contributed by atoms with Crippen molar-refractivity contribution in [2.24, 2.45) is 34.5 Å². The summed E-state index contributed by atoms with van der Waals surface area (Å²) < 4.78 is 45.0. The van der Waals surface area contributed by atoms with Gasteiger partial charge in [-0.2, -0.15) is 0 Å². The van der Waals surface area contributed by atoms with Crippen LogP contribution < -0.4 is 0 Å². The van der Waals surface area contributed by atoms with E-state index in [1.165, 1.54) is 18.2 Å². The summed E-state index contributed by atoms with van der Waals surface area (Å²) in [4.78, 5) is 24.5. The zero-order chi connectivity index (χ0) is 21.4. The number of carbonyl (C=O) groups excluding carboxylic acids is 2. The van der Waals surface area contributed by atoms with Crippen LogP contribution in [0.25, 0.3) is 0 Å². The van der Waals surface area contributed by atoms with E-state index in [1.54, 1.807) is 6.92 Å². The Morgan fingerprint density at radius 1 is 1.31 bits per heavy atom. The maximum Gasteiger partial charge on any atom is 0.195 e. The third kappa shape index (κ3) is 2.62. The number of alkyl halides is 3. The fourth-order valence-electron chi connectivity index (χ4n) is 7.22. The molecule has 9 atom stereocenters. The molecule has 0 saturated heterocycles. The molecule has 1 N–H and O–H groups in total. The SMILES string of the molecule is C[C@@H]1C[C@H]2[C@@H]3C[C@H](F)C4=CC(=O)C=C[C@]4(C)[C@@]3(F)[C@@H](O)C[C@]2(C)[C@H]1C(=O)SCF. The van der Waals surface area contributed by atoms with Gasteiger partial charge in [0.25, 0.3) is 0 Å². The van der Waals surface area contributed by atoms with Crippen LogP contribution in [0, 0.1) is 34.5 Å². The summed E-state index contributed by atoms with van der Waals surface area (Å²) in [6.45, 7) is 5.33. The van der Waals surface area contributed by atoms with Gasteiger partial charge in [-0.15, -0.1) is 0 Å². The number of allylic oxidation sites excluding steroid dienone is 4. The van der Waals surface area contributed by atoms with Gasteiger partial charge in [0.05, 0.1) is 6.10 Å². The number of hydrogen-bond donors (Lipinski definition) is 1. The average molecular weight is 429 g/mol. The maximum atomic E-state index is 16.9. The summed E-state index contributed by atoms with van der Waals surface area (Å²) in [6, 6.07) is -0.820. The molecule has 3 fully saturated rings. The van der Waals surface area contributed by atoms with Gasteiger partial charge >= 0.3 is 0 Å². The first kappa shape index (κ1) is 21.2. The zero-order valence-electron chi connectivity index (χ0n) is 16.8. The maximum absolute atomic E-state index is 16.9. The lowest BCUT2D eigenvalue weighted by molar-refractivity contribution is -0.201. The Morgan fingerprint density at radius 3 is 2.66 bits per heavy atom. The molecule has 0 aromatic heterocycles. The molecule has 0 heterocycles. The predicted molar refractivity (Wildman–Crippen MR) is 105 cm³/mol. The number of hydrogen-bond acceptors (Lipinski definition) is 4. The number of halogens is 3. The Labute approximate surface area is 173 Å². The molecule has 0 aromatic rings. The second-order valence-electron chi connectivity index (χ2n) is 9.71. The summed E-state index contributed by atoms with van der Waals surface area (Å²) in [5.41, 5.74) is -4.17. The Bertz CT molecular complexity index is 813. The number of aliphatic hydroxyl groups is 1. The van der Waals surface area contributed by atoms with E-state index >= 15 is 8.78 Å². The molecule has 29 heavy (non-hydrogen) atoms. The molecular formula is C22H27F3O3S. The molecule has 3 nitrogen and oxygen atoms in total. The lowest BCUT2D eigenvalue weighted by Gasteiger charge is -2.62. The molecule has 0 aromatic carbocycles. The molecule has 4 aliphatic carbocycles. The van der Waals surface area contributed by atoms with Crippen LogP contribution in [0.15, 0.2) is 23.8 Å². The summed E-state index contributed by atoms with van der Waals surface area (Å²) in [7, 11) is 0. The summed E-state index contributed by atoms with van der Waals surface area (Å²) >= 11 is 0.622. The highest BCUT2D eigenvalue weighted by molar-refractivity contribution is 8.13. The standard InChI is InChI=1S/C22H27F3O3S/c1-11-6-13-14-8-16(24)15-7-12(26)4-5-21(15,3)22(14,25)17(27)9-20(13,2)18(11)19(28)29-10-23/h4-5,7,11,13-14,16-18,27H,6,8-10H2,1-3H3/t11-,13+,14+,16+,17+,18-,20+,21+,22+/m1/s1. The van der Waals surface area contributed by atoms with Crippen molar-refractivity contribution < 1.29 is 27.9 Å². The van der Waals surface area contributed by atoms with Crippen molar-refractivity contribution in [2.45, 2.75) is 58.0 Å². The van der Waals surface area contributed by atoms with Crippen LogP contribution in [-0.2, 0) is 9.59 Å². The minimum atomic E-state index is -2.13. The van der Waals surface area contributed by atoms with Gasteiger partial charge in [0.15, 0.2) is 16.6 Å². The minimum Gasteiger partial charge on any atom is -0.390 e. The van der Waals surface area contributed by atoms with Crippen molar-refractivity contribution in [2.75, 3.05) is 6.01 Å². The van der Waals surface area contributed by atoms with Gasteiger partial charge in [-0.05, 0) is 61.2 Å². The number of ketones is 1. The van der Waals surface area contributed by atoms with Crippen LogP contribution >= 0.6 is 11.8 Å². The van der Waals surface area contributed by atoms with E-state index in [2.05, 4.69) is 0 Å². The van der Waals surface area contributed by atoms with Gasteiger partial charge in [0, 0.05) is 17.3 Å². The number of aliphatic hydroxyl groups excluding tert-OH is 1. The molecule has 0 radical (unpaired) electrons. The highest BCUT2D eigenvalue weighted by Gasteiger charge is 2.73. The van der Waals surface area contributed by atoms with Gasteiger partial charge in [0.2, 0.25) is 0 Å². The molecule has 0 spiro atoms. The van der Waals surface area contributed by atoms with E-state index < -0.39 is 46.6 Å². The van der Waals surface area contributed by atoms with E-state index in [-0.39, 0.29) is 41.1 Å². The first-order valence-electron chi connectivity index (χ1n) is 10.2. The van der Waals surface area contributed by atoms with Gasteiger partial charge in [-0.3, -0.25) is 9.59 Å².